The lowest BCUT2D eigenvalue weighted by Gasteiger charge is -2.11. The van der Waals surface area contributed by atoms with Crippen molar-refractivity contribution in [3.8, 4) is 0 Å². The van der Waals surface area contributed by atoms with Crippen molar-refractivity contribution in [2.45, 2.75) is 19.5 Å². The van der Waals surface area contributed by atoms with Crippen molar-refractivity contribution < 1.29 is 4.79 Å². The SMILES string of the molecule is CC(N)C(=O)NCc1cc(=O)n(C)c(=O)n1C.Cl. The minimum Gasteiger partial charge on any atom is -0.349 e. The highest BCUT2D eigenvalue weighted by atomic mass is 35.5. The predicted octanol–water partition coefficient (Wildman–Crippen LogP) is -1.53. The first-order valence-electron chi connectivity index (χ1n) is 5.14. The molecule has 0 saturated carbocycles. The number of rotatable bonds is 3. The molecule has 0 spiro atoms. The fourth-order valence-corrected chi connectivity index (χ4v) is 1.29. The lowest BCUT2D eigenvalue weighted by molar-refractivity contribution is -0.122. The van der Waals surface area contributed by atoms with E-state index in [2.05, 4.69) is 5.32 Å². The molecule has 18 heavy (non-hydrogen) atoms. The molecule has 8 heteroatoms. The van der Waals surface area contributed by atoms with Crippen molar-refractivity contribution in [3.63, 3.8) is 0 Å². The van der Waals surface area contributed by atoms with Crippen molar-refractivity contribution in [1.29, 1.82) is 0 Å². The summed E-state index contributed by atoms with van der Waals surface area (Å²) >= 11 is 0. The van der Waals surface area contributed by atoms with Gasteiger partial charge >= 0.3 is 5.69 Å². The molecule has 0 bridgehead atoms. The van der Waals surface area contributed by atoms with Gasteiger partial charge in [0.15, 0.2) is 0 Å². The Morgan fingerprint density at radius 2 is 1.94 bits per heavy atom. The van der Waals surface area contributed by atoms with Crippen molar-refractivity contribution in [2.75, 3.05) is 0 Å². The summed E-state index contributed by atoms with van der Waals surface area (Å²) in [4.78, 5) is 34.2. The molecule has 0 radical (unpaired) electrons. The van der Waals surface area contributed by atoms with Crippen molar-refractivity contribution >= 4 is 18.3 Å². The monoisotopic (exact) mass is 276 g/mol. The zero-order chi connectivity index (χ0) is 13.2. The summed E-state index contributed by atoms with van der Waals surface area (Å²) in [5.41, 5.74) is 4.98. The van der Waals surface area contributed by atoms with Crippen LogP contribution in [0.5, 0.6) is 0 Å². The smallest absolute Gasteiger partial charge is 0.330 e. The minimum atomic E-state index is -0.626. The van der Waals surface area contributed by atoms with Gasteiger partial charge in [0.05, 0.1) is 12.6 Å². The van der Waals surface area contributed by atoms with E-state index < -0.39 is 17.3 Å². The molecule has 0 aliphatic rings. The molecule has 1 rings (SSSR count). The lowest BCUT2D eigenvalue weighted by atomic mass is 10.3. The van der Waals surface area contributed by atoms with Crippen molar-refractivity contribution in [2.24, 2.45) is 19.8 Å². The predicted molar refractivity (Wildman–Crippen MR) is 69.7 cm³/mol. The van der Waals surface area contributed by atoms with Gasteiger partial charge < -0.3 is 11.1 Å². The van der Waals surface area contributed by atoms with E-state index in [4.69, 9.17) is 5.73 Å². The Kier molecular flexibility index (Phi) is 5.80. The van der Waals surface area contributed by atoms with Gasteiger partial charge in [0.25, 0.3) is 5.56 Å². The third kappa shape index (κ3) is 3.44. The number of nitrogens with two attached hydrogens (primary N) is 1. The van der Waals surface area contributed by atoms with E-state index >= 15 is 0 Å². The number of nitrogens with zero attached hydrogens (tertiary/aromatic N) is 2. The molecule has 1 aromatic rings. The number of hydrogen-bond donors (Lipinski definition) is 2. The topological polar surface area (TPSA) is 99.1 Å². The molecular weight excluding hydrogens is 260 g/mol. The number of carbonyl (C=O) groups is 1. The van der Waals surface area contributed by atoms with Crippen molar-refractivity contribution in [1.82, 2.24) is 14.5 Å². The van der Waals surface area contributed by atoms with Crippen LogP contribution in [0.1, 0.15) is 12.6 Å². The molecule has 0 aliphatic carbocycles. The van der Waals surface area contributed by atoms with E-state index in [9.17, 15) is 14.4 Å². The third-order valence-electron chi connectivity index (χ3n) is 2.48. The minimum absolute atomic E-state index is 0. The molecule has 7 nitrogen and oxygen atoms in total. The Labute approximate surface area is 110 Å². The van der Waals surface area contributed by atoms with Crippen LogP contribution >= 0.6 is 12.4 Å². The molecule has 0 saturated heterocycles. The summed E-state index contributed by atoms with van der Waals surface area (Å²) in [5.74, 6) is -0.335. The van der Waals surface area contributed by atoms with Gasteiger partial charge in [0.1, 0.15) is 0 Å². The molecular formula is C10H17ClN4O3. The zero-order valence-corrected chi connectivity index (χ0v) is 11.3. The summed E-state index contributed by atoms with van der Waals surface area (Å²) in [6, 6.07) is 0.682. The molecule has 1 unspecified atom stereocenters. The van der Waals surface area contributed by atoms with Crippen LogP contribution in [0.15, 0.2) is 15.7 Å². The second-order valence-electron chi connectivity index (χ2n) is 3.88. The van der Waals surface area contributed by atoms with Gasteiger partial charge in [-0.2, -0.15) is 0 Å². The van der Waals surface area contributed by atoms with Crippen LogP contribution in [0.4, 0.5) is 0 Å². The lowest BCUT2D eigenvalue weighted by Crippen LogP contribution is -2.42. The second-order valence-corrected chi connectivity index (χ2v) is 3.88. The highest BCUT2D eigenvalue weighted by Crippen LogP contribution is 1.90. The van der Waals surface area contributed by atoms with Crippen LogP contribution in [0.3, 0.4) is 0 Å². The Morgan fingerprint density at radius 1 is 1.39 bits per heavy atom. The van der Waals surface area contributed by atoms with E-state index in [0.717, 1.165) is 4.57 Å². The largest absolute Gasteiger partial charge is 0.349 e. The number of carbonyl (C=O) groups excluding carboxylic acids is 1. The van der Waals surface area contributed by atoms with Crippen LogP contribution in [0.2, 0.25) is 0 Å². The Morgan fingerprint density at radius 3 is 2.44 bits per heavy atom. The molecule has 1 amide bonds. The number of amides is 1. The first-order valence-corrected chi connectivity index (χ1v) is 5.14. The normalized spacial score (nSPS) is 11.6. The summed E-state index contributed by atoms with van der Waals surface area (Å²) < 4.78 is 2.31. The Hall–Kier alpha value is -1.60. The Bertz CT molecular complexity index is 547. The highest BCUT2D eigenvalue weighted by Gasteiger charge is 2.09. The van der Waals surface area contributed by atoms with Gasteiger partial charge in [-0.05, 0) is 6.92 Å². The van der Waals surface area contributed by atoms with Crippen LogP contribution in [0, 0.1) is 0 Å². The maximum atomic E-state index is 11.6. The summed E-state index contributed by atoms with van der Waals surface area (Å²) in [6.45, 7) is 1.65. The molecule has 0 fully saturated rings. The highest BCUT2D eigenvalue weighted by molar-refractivity contribution is 5.85. The number of nitrogens with one attached hydrogen (secondary N) is 1. The number of aromatic nitrogens is 2. The van der Waals surface area contributed by atoms with E-state index in [1.165, 1.54) is 24.7 Å². The van der Waals surface area contributed by atoms with Crippen LogP contribution in [-0.4, -0.2) is 21.1 Å². The average molecular weight is 277 g/mol. The van der Waals surface area contributed by atoms with Crippen molar-refractivity contribution in [3.05, 3.63) is 32.6 Å². The van der Waals surface area contributed by atoms with E-state index in [0.29, 0.717) is 5.69 Å². The molecule has 0 aliphatic heterocycles. The van der Waals surface area contributed by atoms with Gasteiger partial charge in [-0.1, -0.05) is 0 Å². The summed E-state index contributed by atoms with van der Waals surface area (Å²) in [5, 5.41) is 2.54. The van der Waals surface area contributed by atoms with Gasteiger partial charge in [0, 0.05) is 25.9 Å². The van der Waals surface area contributed by atoms with Crippen LogP contribution in [0.25, 0.3) is 0 Å². The van der Waals surface area contributed by atoms with Gasteiger partial charge in [-0.25, -0.2) is 4.79 Å². The molecule has 1 aromatic heterocycles. The quantitative estimate of drug-likeness (QED) is 0.700. The standard InChI is InChI=1S/C10H16N4O3.ClH/c1-6(11)9(16)12-5-7-4-8(15)14(3)10(17)13(7)2;/h4,6H,5,11H2,1-3H3,(H,12,16);1H. The van der Waals surface area contributed by atoms with E-state index in [-0.39, 0.29) is 24.9 Å². The average Bonchev–Trinajstić information content (AvgIpc) is 2.28. The maximum absolute atomic E-state index is 11.6. The maximum Gasteiger partial charge on any atom is 0.330 e. The van der Waals surface area contributed by atoms with E-state index in [1.54, 1.807) is 6.92 Å². The van der Waals surface area contributed by atoms with Crippen LogP contribution < -0.4 is 22.3 Å². The summed E-state index contributed by atoms with van der Waals surface area (Å²) in [7, 11) is 2.93. The second kappa shape index (κ2) is 6.36. The van der Waals surface area contributed by atoms with Crippen LogP contribution in [-0.2, 0) is 25.4 Å². The Balaban J connectivity index is 0.00000289. The van der Waals surface area contributed by atoms with Gasteiger partial charge in [-0.3, -0.25) is 18.7 Å². The zero-order valence-electron chi connectivity index (χ0n) is 10.5. The molecule has 3 N–H and O–H groups in total. The summed E-state index contributed by atoms with van der Waals surface area (Å²) in [6.07, 6.45) is 0. The first kappa shape index (κ1) is 16.4. The van der Waals surface area contributed by atoms with Gasteiger partial charge in [0.2, 0.25) is 5.91 Å². The first-order chi connectivity index (χ1) is 7.84. The number of hydrogen-bond acceptors (Lipinski definition) is 4. The van der Waals surface area contributed by atoms with Gasteiger partial charge in [-0.15, -0.1) is 12.4 Å². The molecule has 1 atom stereocenters. The molecule has 102 valence electrons. The molecule has 0 aromatic carbocycles. The molecule has 1 heterocycles. The van der Waals surface area contributed by atoms with E-state index in [1.807, 2.05) is 0 Å². The fraction of sp³-hybridized carbons (Fsp3) is 0.500. The fourth-order valence-electron chi connectivity index (χ4n) is 1.29. The third-order valence-corrected chi connectivity index (χ3v) is 2.48. The number of halogens is 1.